The summed E-state index contributed by atoms with van der Waals surface area (Å²) in [6.45, 7) is 2.48. The minimum Gasteiger partial charge on any atom is -0.492 e. The first-order valence-corrected chi connectivity index (χ1v) is 8.62. The maximum absolute atomic E-state index is 5.90. The van der Waals surface area contributed by atoms with Gasteiger partial charge in [0.2, 0.25) is 0 Å². The topological polar surface area (TPSA) is 85.7 Å². The van der Waals surface area contributed by atoms with Crippen molar-refractivity contribution in [3.8, 4) is 28.3 Å². The van der Waals surface area contributed by atoms with Crippen LogP contribution in [0.25, 0.3) is 33.4 Å². The van der Waals surface area contributed by atoms with E-state index in [1.165, 1.54) is 6.33 Å². The van der Waals surface area contributed by atoms with Crippen molar-refractivity contribution in [1.82, 2.24) is 24.9 Å². The maximum Gasteiger partial charge on any atom is 0.163 e. The number of ether oxygens (including phenoxy) is 1. The van der Waals surface area contributed by atoms with Gasteiger partial charge in [0.25, 0.3) is 0 Å². The SMILES string of the molecule is CCOc1cc(-c2cncnc2)cc2c(NC)nc(-c3cccnc3)nc12. The Balaban J connectivity index is 1.98. The Hall–Kier alpha value is -3.61. The molecule has 4 aromatic rings. The highest BCUT2D eigenvalue weighted by molar-refractivity contribution is 5.97. The molecule has 3 heterocycles. The lowest BCUT2D eigenvalue weighted by molar-refractivity contribution is 0.344. The number of benzene rings is 1. The number of rotatable bonds is 5. The van der Waals surface area contributed by atoms with Crippen LogP contribution in [0.15, 0.2) is 55.4 Å². The van der Waals surface area contributed by atoms with E-state index in [-0.39, 0.29) is 0 Å². The second-order valence-corrected chi connectivity index (χ2v) is 5.82. The standard InChI is InChI=1S/C20H18N6O/c1-3-27-17-8-14(15-10-23-12-24-11-15)7-16-18(17)25-19(26-20(16)21-2)13-5-4-6-22-9-13/h4-12H,3H2,1-2H3,(H,21,25,26). The van der Waals surface area contributed by atoms with E-state index in [1.807, 2.05) is 38.2 Å². The van der Waals surface area contributed by atoms with Gasteiger partial charge in [-0.05, 0) is 36.8 Å². The van der Waals surface area contributed by atoms with E-state index in [4.69, 9.17) is 9.72 Å². The fourth-order valence-corrected chi connectivity index (χ4v) is 2.90. The highest BCUT2D eigenvalue weighted by Gasteiger charge is 2.15. The summed E-state index contributed by atoms with van der Waals surface area (Å²) >= 11 is 0. The number of fused-ring (bicyclic) bond motifs is 1. The molecule has 0 amide bonds. The van der Waals surface area contributed by atoms with E-state index in [2.05, 4.69) is 25.3 Å². The first kappa shape index (κ1) is 16.8. The Morgan fingerprint density at radius 1 is 0.963 bits per heavy atom. The monoisotopic (exact) mass is 358 g/mol. The van der Waals surface area contributed by atoms with E-state index in [9.17, 15) is 0 Å². The van der Waals surface area contributed by atoms with Crippen LogP contribution in [0.1, 0.15) is 6.92 Å². The zero-order valence-corrected chi connectivity index (χ0v) is 15.0. The largest absolute Gasteiger partial charge is 0.492 e. The van der Waals surface area contributed by atoms with Crippen LogP contribution in [-0.2, 0) is 0 Å². The van der Waals surface area contributed by atoms with Crippen LogP contribution in [0.5, 0.6) is 5.75 Å². The minimum absolute atomic E-state index is 0.533. The maximum atomic E-state index is 5.90. The van der Waals surface area contributed by atoms with Gasteiger partial charge in [0.05, 0.1) is 6.61 Å². The molecule has 1 N–H and O–H groups in total. The van der Waals surface area contributed by atoms with Crippen LogP contribution in [0.2, 0.25) is 0 Å². The van der Waals surface area contributed by atoms with Gasteiger partial charge in [0.15, 0.2) is 5.82 Å². The molecular weight excluding hydrogens is 340 g/mol. The van der Waals surface area contributed by atoms with Gasteiger partial charge in [-0.15, -0.1) is 0 Å². The Morgan fingerprint density at radius 2 is 1.78 bits per heavy atom. The van der Waals surface area contributed by atoms with Gasteiger partial charge >= 0.3 is 0 Å². The Bertz CT molecular complexity index is 1070. The van der Waals surface area contributed by atoms with Crippen molar-refractivity contribution >= 4 is 16.7 Å². The summed E-state index contributed by atoms with van der Waals surface area (Å²) in [7, 11) is 1.84. The molecule has 7 nitrogen and oxygen atoms in total. The van der Waals surface area contributed by atoms with Gasteiger partial charge in [0, 0.05) is 48.3 Å². The summed E-state index contributed by atoms with van der Waals surface area (Å²) < 4.78 is 5.90. The number of hydrogen-bond donors (Lipinski definition) is 1. The fourth-order valence-electron chi connectivity index (χ4n) is 2.90. The Morgan fingerprint density at radius 3 is 2.48 bits per heavy atom. The Labute approximate surface area is 156 Å². The van der Waals surface area contributed by atoms with Gasteiger partial charge in [0.1, 0.15) is 23.4 Å². The van der Waals surface area contributed by atoms with Crippen molar-refractivity contribution in [2.45, 2.75) is 6.92 Å². The third-order valence-corrected chi connectivity index (χ3v) is 4.12. The molecule has 0 aliphatic heterocycles. The van der Waals surface area contributed by atoms with Crippen LogP contribution in [0.3, 0.4) is 0 Å². The molecule has 0 atom stereocenters. The molecule has 0 saturated heterocycles. The number of hydrogen-bond acceptors (Lipinski definition) is 7. The molecule has 134 valence electrons. The molecule has 0 aliphatic rings. The number of anilines is 1. The van der Waals surface area contributed by atoms with Gasteiger partial charge in [-0.1, -0.05) is 0 Å². The van der Waals surface area contributed by atoms with Crippen LogP contribution >= 0.6 is 0 Å². The fraction of sp³-hybridized carbons (Fsp3) is 0.150. The Kier molecular flexibility index (Phi) is 4.57. The summed E-state index contributed by atoms with van der Waals surface area (Å²) in [4.78, 5) is 21.8. The second kappa shape index (κ2) is 7.33. The predicted octanol–water partition coefficient (Wildman–Crippen LogP) is 3.59. The normalized spacial score (nSPS) is 10.7. The lowest BCUT2D eigenvalue weighted by Gasteiger charge is -2.14. The summed E-state index contributed by atoms with van der Waals surface area (Å²) in [6.07, 6.45) is 8.53. The smallest absolute Gasteiger partial charge is 0.163 e. The molecule has 0 aliphatic carbocycles. The number of nitrogens with zero attached hydrogens (tertiary/aromatic N) is 5. The zero-order chi connectivity index (χ0) is 18.6. The molecule has 0 spiro atoms. The number of nitrogens with one attached hydrogen (secondary N) is 1. The van der Waals surface area contributed by atoms with E-state index in [0.29, 0.717) is 18.2 Å². The summed E-state index contributed by atoms with van der Waals surface area (Å²) in [5.41, 5.74) is 3.44. The quantitative estimate of drug-likeness (QED) is 0.583. The third kappa shape index (κ3) is 3.27. The molecule has 0 unspecified atom stereocenters. The molecule has 0 bridgehead atoms. The molecule has 27 heavy (non-hydrogen) atoms. The van der Waals surface area contributed by atoms with E-state index in [0.717, 1.165) is 33.4 Å². The summed E-state index contributed by atoms with van der Waals surface area (Å²) in [6, 6.07) is 7.78. The van der Waals surface area contributed by atoms with Crippen LogP contribution in [0, 0.1) is 0 Å². The van der Waals surface area contributed by atoms with Crippen molar-refractivity contribution < 1.29 is 4.74 Å². The molecule has 0 radical (unpaired) electrons. The van der Waals surface area contributed by atoms with Crippen LogP contribution in [-0.4, -0.2) is 38.6 Å². The minimum atomic E-state index is 0.533. The van der Waals surface area contributed by atoms with Gasteiger partial charge in [-0.25, -0.2) is 19.9 Å². The molecule has 0 saturated carbocycles. The lowest BCUT2D eigenvalue weighted by atomic mass is 10.0. The lowest BCUT2D eigenvalue weighted by Crippen LogP contribution is -2.02. The van der Waals surface area contributed by atoms with Gasteiger partial charge in [-0.3, -0.25) is 4.98 Å². The van der Waals surface area contributed by atoms with E-state index in [1.54, 1.807) is 24.8 Å². The average molecular weight is 358 g/mol. The van der Waals surface area contributed by atoms with Crippen molar-refractivity contribution in [2.24, 2.45) is 0 Å². The molecule has 1 aromatic carbocycles. The van der Waals surface area contributed by atoms with Crippen molar-refractivity contribution in [1.29, 1.82) is 0 Å². The van der Waals surface area contributed by atoms with Crippen LogP contribution in [0.4, 0.5) is 5.82 Å². The zero-order valence-electron chi connectivity index (χ0n) is 15.0. The highest BCUT2D eigenvalue weighted by atomic mass is 16.5. The van der Waals surface area contributed by atoms with Crippen LogP contribution < -0.4 is 10.1 Å². The molecule has 4 rings (SSSR count). The molecule has 3 aromatic heterocycles. The van der Waals surface area contributed by atoms with Gasteiger partial charge < -0.3 is 10.1 Å². The average Bonchev–Trinajstić information content (AvgIpc) is 2.74. The third-order valence-electron chi connectivity index (χ3n) is 4.12. The summed E-state index contributed by atoms with van der Waals surface area (Å²) in [5, 5.41) is 4.04. The highest BCUT2D eigenvalue weighted by Crippen LogP contribution is 2.35. The first-order chi connectivity index (χ1) is 13.3. The van der Waals surface area contributed by atoms with E-state index >= 15 is 0 Å². The van der Waals surface area contributed by atoms with Gasteiger partial charge in [-0.2, -0.15) is 0 Å². The van der Waals surface area contributed by atoms with Crippen molar-refractivity contribution in [2.75, 3.05) is 19.0 Å². The molecule has 7 heteroatoms. The summed E-state index contributed by atoms with van der Waals surface area (Å²) in [5.74, 6) is 2.01. The number of pyridine rings is 1. The number of aromatic nitrogens is 5. The van der Waals surface area contributed by atoms with Crippen molar-refractivity contribution in [3.63, 3.8) is 0 Å². The molecular formula is C20H18N6O. The van der Waals surface area contributed by atoms with Crippen molar-refractivity contribution in [3.05, 3.63) is 55.4 Å². The first-order valence-electron chi connectivity index (χ1n) is 8.62. The van der Waals surface area contributed by atoms with E-state index < -0.39 is 0 Å². The predicted molar refractivity (Wildman–Crippen MR) is 105 cm³/mol. The molecule has 0 fully saturated rings. The second-order valence-electron chi connectivity index (χ2n) is 5.82.